The summed E-state index contributed by atoms with van der Waals surface area (Å²) in [6, 6.07) is 22.0. The fraction of sp³-hybridized carbons (Fsp3) is 0.360. The summed E-state index contributed by atoms with van der Waals surface area (Å²) < 4.78 is 0. The molecule has 0 saturated heterocycles. The molecule has 2 aromatic rings. The molecule has 4 nitrogen and oxygen atoms in total. The van der Waals surface area contributed by atoms with Gasteiger partial charge in [-0.25, -0.2) is 0 Å². The molecule has 0 aromatic heterocycles. The zero-order valence-corrected chi connectivity index (χ0v) is 18.8. The molecular weight excluding hydrogens is 390 g/mol. The van der Waals surface area contributed by atoms with Crippen LogP contribution < -0.4 is 0 Å². The summed E-state index contributed by atoms with van der Waals surface area (Å²) in [5.74, 6) is 0.853. The van der Waals surface area contributed by atoms with Crippen molar-refractivity contribution < 1.29 is 4.79 Å². The Labute approximate surface area is 184 Å². The van der Waals surface area contributed by atoms with Gasteiger partial charge in [-0.1, -0.05) is 67.6 Å². The highest BCUT2D eigenvalue weighted by Gasteiger charge is 2.55. The van der Waals surface area contributed by atoms with Gasteiger partial charge >= 0.3 is 0 Å². The lowest BCUT2D eigenvalue weighted by atomic mass is 9.70. The predicted octanol–water partition coefficient (Wildman–Crippen LogP) is 4.64. The van der Waals surface area contributed by atoms with Crippen LogP contribution in [0.25, 0.3) is 0 Å². The van der Waals surface area contributed by atoms with Gasteiger partial charge < -0.3 is 9.80 Å². The average molecular weight is 420 g/mol. The van der Waals surface area contributed by atoms with E-state index in [2.05, 4.69) is 17.9 Å². The standard InChI is InChI=1S/C25H29N3OS/c1-4-18-30-23-22(19-26)25(20-12-7-5-8-13-20,21-14-9-6-10-15-21)24(29)28(23)17-11-16-27(2)3/h5-10,12-15H,4,11,16-18H2,1-3H3. The van der Waals surface area contributed by atoms with Crippen LogP contribution in [0.3, 0.4) is 0 Å². The number of rotatable bonds is 9. The monoisotopic (exact) mass is 419 g/mol. The smallest absolute Gasteiger partial charge is 0.247 e. The number of thioether (sulfide) groups is 1. The van der Waals surface area contributed by atoms with Gasteiger partial charge in [-0.2, -0.15) is 5.26 Å². The van der Waals surface area contributed by atoms with Gasteiger partial charge in [-0.3, -0.25) is 4.79 Å². The molecule has 0 unspecified atom stereocenters. The van der Waals surface area contributed by atoms with E-state index in [1.807, 2.05) is 79.7 Å². The third-order valence-corrected chi connectivity index (χ3v) is 6.67. The van der Waals surface area contributed by atoms with Crippen molar-refractivity contribution in [3.05, 3.63) is 82.4 Å². The van der Waals surface area contributed by atoms with Gasteiger partial charge in [0.05, 0.1) is 16.7 Å². The van der Waals surface area contributed by atoms with E-state index in [1.54, 1.807) is 11.8 Å². The number of amides is 1. The molecule has 1 heterocycles. The first-order valence-electron chi connectivity index (χ1n) is 10.4. The largest absolute Gasteiger partial charge is 0.309 e. The van der Waals surface area contributed by atoms with Crippen LogP contribution in [0.2, 0.25) is 0 Å². The fourth-order valence-corrected chi connectivity index (χ4v) is 5.07. The number of nitrogens with zero attached hydrogens (tertiary/aromatic N) is 3. The number of hydrogen-bond acceptors (Lipinski definition) is 4. The average Bonchev–Trinajstić information content (AvgIpc) is 3.01. The van der Waals surface area contributed by atoms with Gasteiger partial charge in [0.2, 0.25) is 5.91 Å². The summed E-state index contributed by atoms with van der Waals surface area (Å²) in [5.41, 5.74) is 1.16. The lowest BCUT2D eigenvalue weighted by molar-refractivity contribution is -0.130. The molecule has 156 valence electrons. The van der Waals surface area contributed by atoms with Crippen molar-refractivity contribution in [1.82, 2.24) is 9.80 Å². The minimum atomic E-state index is -1.09. The Kier molecular flexibility index (Phi) is 7.36. The molecule has 3 rings (SSSR count). The molecule has 0 radical (unpaired) electrons. The normalized spacial score (nSPS) is 15.7. The summed E-state index contributed by atoms with van der Waals surface area (Å²) >= 11 is 1.63. The SMILES string of the molecule is CCCSC1=C(C#N)C(c2ccccc2)(c2ccccc2)C(=O)N1CCCN(C)C. The second kappa shape index (κ2) is 9.97. The zero-order valence-electron chi connectivity index (χ0n) is 18.0. The molecule has 0 spiro atoms. The molecule has 1 amide bonds. The van der Waals surface area contributed by atoms with Crippen molar-refractivity contribution in [2.45, 2.75) is 25.2 Å². The summed E-state index contributed by atoms with van der Waals surface area (Å²) in [5, 5.41) is 11.2. The van der Waals surface area contributed by atoms with Crippen LogP contribution in [0.1, 0.15) is 30.9 Å². The Balaban J connectivity index is 2.21. The number of carbonyl (C=O) groups is 1. The number of carbonyl (C=O) groups excluding carboxylic acids is 1. The van der Waals surface area contributed by atoms with Crippen LogP contribution in [0, 0.1) is 11.3 Å². The highest BCUT2D eigenvalue weighted by molar-refractivity contribution is 8.03. The molecule has 0 aliphatic carbocycles. The van der Waals surface area contributed by atoms with Gasteiger partial charge in [-0.15, -0.1) is 11.8 Å². The van der Waals surface area contributed by atoms with Gasteiger partial charge in [-0.05, 0) is 50.4 Å². The molecule has 30 heavy (non-hydrogen) atoms. The molecule has 0 saturated carbocycles. The first kappa shape index (κ1) is 22.1. The fourth-order valence-electron chi connectivity index (χ4n) is 4.00. The van der Waals surface area contributed by atoms with Crippen LogP contribution >= 0.6 is 11.8 Å². The molecular formula is C25H29N3OS. The highest BCUT2D eigenvalue weighted by atomic mass is 32.2. The van der Waals surface area contributed by atoms with Crippen molar-refractivity contribution in [3.63, 3.8) is 0 Å². The minimum Gasteiger partial charge on any atom is -0.309 e. The van der Waals surface area contributed by atoms with E-state index in [0.29, 0.717) is 12.1 Å². The van der Waals surface area contributed by atoms with Crippen LogP contribution in [-0.4, -0.2) is 48.6 Å². The third kappa shape index (κ3) is 4.03. The van der Waals surface area contributed by atoms with E-state index in [9.17, 15) is 10.1 Å². The molecule has 2 aromatic carbocycles. The van der Waals surface area contributed by atoms with E-state index >= 15 is 0 Å². The predicted molar refractivity (Wildman–Crippen MR) is 124 cm³/mol. The van der Waals surface area contributed by atoms with Gasteiger partial charge in [0.1, 0.15) is 5.41 Å². The van der Waals surface area contributed by atoms with E-state index < -0.39 is 5.41 Å². The summed E-state index contributed by atoms with van der Waals surface area (Å²) in [6.45, 7) is 3.62. The maximum Gasteiger partial charge on any atom is 0.247 e. The van der Waals surface area contributed by atoms with Crippen molar-refractivity contribution in [2.24, 2.45) is 0 Å². The molecule has 0 atom stereocenters. The molecule has 0 bridgehead atoms. The minimum absolute atomic E-state index is 0.0196. The first-order valence-corrected chi connectivity index (χ1v) is 11.4. The Bertz CT molecular complexity index is 892. The lowest BCUT2D eigenvalue weighted by Gasteiger charge is -2.30. The van der Waals surface area contributed by atoms with Crippen LogP contribution in [-0.2, 0) is 10.2 Å². The van der Waals surface area contributed by atoms with Crippen molar-refractivity contribution in [1.29, 1.82) is 5.26 Å². The number of hydrogen-bond donors (Lipinski definition) is 0. The molecule has 1 aliphatic heterocycles. The third-order valence-electron chi connectivity index (χ3n) is 5.36. The number of benzene rings is 2. The van der Waals surface area contributed by atoms with E-state index in [-0.39, 0.29) is 5.91 Å². The van der Waals surface area contributed by atoms with E-state index in [0.717, 1.165) is 41.3 Å². The van der Waals surface area contributed by atoms with Crippen LogP contribution in [0.4, 0.5) is 0 Å². The highest BCUT2D eigenvalue weighted by Crippen LogP contribution is 2.50. The maximum atomic E-state index is 14.2. The first-order chi connectivity index (χ1) is 14.6. The second-order valence-electron chi connectivity index (χ2n) is 7.74. The van der Waals surface area contributed by atoms with Crippen molar-refractivity contribution >= 4 is 17.7 Å². The van der Waals surface area contributed by atoms with E-state index in [1.165, 1.54) is 0 Å². The van der Waals surface area contributed by atoms with Crippen LogP contribution in [0.5, 0.6) is 0 Å². The molecule has 0 N–H and O–H groups in total. The van der Waals surface area contributed by atoms with E-state index in [4.69, 9.17) is 0 Å². The Morgan fingerprint density at radius 3 is 2.07 bits per heavy atom. The lowest BCUT2D eigenvalue weighted by Crippen LogP contribution is -2.42. The Hall–Kier alpha value is -2.55. The molecule has 0 fully saturated rings. The quantitative estimate of drug-likeness (QED) is 0.594. The van der Waals surface area contributed by atoms with Crippen molar-refractivity contribution in [3.8, 4) is 6.07 Å². The summed E-state index contributed by atoms with van der Waals surface area (Å²) in [4.78, 5) is 18.1. The second-order valence-corrected chi connectivity index (χ2v) is 8.82. The summed E-state index contributed by atoms with van der Waals surface area (Å²) in [7, 11) is 4.07. The van der Waals surface area contributed by atoms with Gasteiger partial charge in [0.25, 0.3) is 0 Å². The maximum absolute atomic E-state index is 14.2. The summed E-state index contributed by atoms with van der Waals surface area (Å²) in [6.07, 6.45) is 1.84. The molecule has 1 aliphatic rings. The number of nitriles is 1. The van der Waals surface area contributed by atoms with Crippen LogP contribution in [0.15, 0.2) is 71.3 Å². The van der Waals surface area contributed by atoms with Gasteiger partial charge in [0, 0.05) is 6.54 Å². The zero-order chi connectivity index (χ0) is 21.6. The Morgan fingerprint density at radius 2 is 1.60 bits per heavy atom. The topological polar surface area (TPSA) is 47.3 Å². The van der Waals surface area contributed by atoms with Crippen molar-refractivity contribution in [2.75, 3.05) is 32.9 Å². The molecule has 5 heteroatoms. The van der Waals surface area contributed by atoms with Gasteiger partial charge in [0.15, 0.2) is 0 Å². The Morgan fingerprint density at radius 1 is 1.03 bits per heavy atom.